The van der Waals surface area contributed by atoms with Crippen LogP contribution < -0.4 is 18.9 Å². The zero-order valence-corrected chi connectivity index (χ0v) is 6.34. The summed E-state index contributed by atoms with van der Waals surface area (Å²) >= 11 is 4.83. The Bertz CT molecular complexity index is 115. The van der Waals surface area contributed by atoms with Crippen molar-refractivity contribution in [2.75, 3.05) is 0 Å². The standard InChI is InChI=1S/C4H2BrS.Li/c5-4-1-2-6-3-4;/h1,3H;/q-1;+1. The molecule has 1 aromatic heterocycles. The first-order chi connectivity index (χ1) is 2.89. The molecule has 1 aromatic rings. The number of thiophene rings is 1. The van der Waals surface area contributed by atoms with Gasteiger partial charge in [-0.25, -0.2) is 0 Å². The maximum absolute atomic E-state index is 3.26. The number of hydrogen-bond acceptors (Lipinski definition) is 1. The Labute approximate surface area is 67.2 Å². The van der Waals surface area contributed by atoms with E-state index in [1.165, 1.54) is 0 Å². The molecule has 0 nitrogen and oxygen atoms in total. The van der Waals surface area contributed by atoms with Crippen molar-refractivity contribution in [1.29, 1.82) is 0 Å². The molecule has 0 spiro atoms. The fourth-order valence-electron chi connectivity index (χ4n) is 0.215. The van der Waals surface area contributed by atoms with Crippen LogP contribution in [0.3, 0.4) is 0 Å². The summed E-state index contributed by atoms with van der Waals surface area (Å²) < 4.78 is 1.12. The molecule has 0 atom stereocenters. The second kappa shape index (κ2) is 3.74. The number of halogens is 1. The van der Waals surface area contributed by atoms with Crippen molar-refractivity contribution in [3.8, 4) is 0 Å². The van der Waals surface area contributed by atoms with E-state index >= 15 is 0 Å². The summed E-state index contributed by atoms with van der Waals surface area (Å²) in [5.74, 6) is 0. The van der Waals surface area contributed by atoms with Crippen molar-refractivity contribution >= 4 is 27.3 Å². The van der Waals surface area contributed by atoms with E-state index in [1.54, 1.807) is 11.3 Å². The van der Waals surface area contributed by atoms with E-state index in [-0.39, 0.29) is 18.9 Å². The molecular formula is C4H2BrLiS. The van der Waals surface area contributed by atoms with Crippen LogP contribution in [0.2, 0.25) is 0 Å². The van der Waals surface area contributed by atoms with Crippen LogP contribution >= 0.6 is 27.3 Å². The molecule has 0 amide bonds. The molecule has 7 heavy (non-hydrogen) atoms. The summed E-state index contributed by atoms with van der Waals surface area (Å²) in [5, 5.41) is 4.91. The third-order valence-corrected chi connectivity index (χ3v) is 1.82. The van der Waals surface area contributed by atoms with Crippen molar-refractivity contribution in [2.24, 2.45) is 0 Å². The minimum Gasteiger partial charge on any atom is -0.303 e. The summed E-state index contributed by atoms with van der Waals surface area (Å²) in [5.41, 5.74) is 0. The molecule has 0 N–H and O–H groups in total. The summed E-state index contributed by atoms with van der Waals surface area (Å²) in [4.78, 5) is 0. The first-order valence-corrected chi connectivity index (χ1v) is 3.17. The monoisotopic (exact) mass is 168 g/mol. The van der Waals surface area contributed by atoms with Crippen molar-refractivity contribution in [3.63, 3.8) is 0 Å². The summed E-state index contributed by atoms with van der Waals surface area (Å²) in [6.07, 6.45) is 0. The molecule has 0 fully saturated rings. The third kappa shape index (κ3) is 2.56. The summed E-state index contributed by atoms with van der Waals surface area (Å²) in [6, 6.07) is 1.89. The zero-order chi connectivity index (χ0) is 4.41. The molecule has 0 aliphatic heterocycles. The average molecular weight is 169 g/mol. The Morgan fingerprint density at radius 1 is 1.71 bits per heavy atom. The second-order valence-electron chi connectivity index (χ2n) is 0.883. The van der Waals surface area contributed by atoms with Crippen LogP contribution in [0.15, 0.2) is 15.9 Å². The molecule has 0 radical (unpaired) electrons. The van der Waals surface area contributed by atoms with E-state index in [1.807, 2.05) is 11.4 Å². The minimum absolute atomic E-state index is 0. The van der Waals surface area contributed by atoms with Crippen LogP contribution in [0.4, 0.5) is 0 Å². The average Bonchev–Trinajstić information content (AvgIpc) is 1.86. The van der Waals surface area contributed by atoms with E-state index in [0.29, 0.717) is 0 Å². The number of rotatable bonds is 0. The van der Waals surface area contributed by atoms with Crippen molar-refractivity contribution in [2.45, 2.75) is 0 Å². The van der Waals surface area contributed by atoms with E-state index in [9.17, 15) is 0 Å². The van der Waals surface area contributed by atoms with Crippen molar-refractivity contribution in [3.05, 3.63) is 21.3 Å². The Morgan fingerprint density at radius 2 is 2.43 bits per heavy atom. The van der Waals surface area contributed by atoms with E-state index in [0.717, 1.165) is 4.47 Å². The molecule has 0 saturated heterocycles. The molecular weight excluding hydrogens is 167 g/mol. The van der Waals surface area contributed by atoms with Gasteiger partial charge in [-0.3, -0.25) is 0 Å². The van der Waals surface area contributed by atoms with Gasteiger partial charge in [-0.1, -0.05) is 0 Å². The van der Waals surface area contributed by atoms with Crippen molar-refractivity contribution < 1.29 is 18.9 Å². The molecule has 32 valence electrons. The normalized spacial score (nSPS) is 7.57. The van der Waals surface area contributed by atoms with Gasteiger partial charge in [-0.2, -0.15) is 6.07 Å². The first-order valence-electron chi connectivity index (χ1n) is 1.49. The fourth-order valence-corrected chi connectivity index (χ4v) is 1.20. The third-order valence-electron chi connectivity index (χ3n) is 0.436. The van der Waals surface area contributed by atoms with Crippen molar-refractivity contribution in [1.82, 2.24) is 0 Å². The maximum Gasteiger partial charge on any atom is 1.00 e. The van der Waals surface area contributed by atoms with Gasteiger partial charge in [0.15, 0.2) is 0 Å². The minimum atomic E-state index is 0. The number of hydrogen-bond donors (Lipinski definition) is 0. The van der Waals surface area contributed by atoms with E-state index in [2.05, 4.69) is 21.3 Å². The molecule has 0 unspecified atom stereocenters. The molecule has 1 heterocycles. The summed E-state index contributed by atoms with van der Waals surface area (Å²) in [7, 11) is 0. The predicted octanol–water partition coefficient (Wildman–Crippen LogP) is -0.685. The molecule has 3 heteroatoms. The van der Waals surface area contributed by atoms with Crippen LogP contribution in [0.25, 0.3) is 0 Å². The van der Waals surface area contributed by atoms with Gasteiger partial charge in [0.25, 0.3) is 0 Å². The van der Waals surface area contributed by atoms with Gasteiger partial charge in [0.2, 0.25) is 0 Å². The molecule has 0 aliphatic rings. The SMILES string of the molecule is Brc1c[c-]sc1.[Li+]. The van der Waals surface area contributed by atoms with Gasteiger partial charge in [-0.15, -0.1) is 31.2 Å². The van der Waals surface area contributed by atoms with Gasteiger partial charge in [0, 0.05) is 0 Å². The smallest absolute Gasteiger partial charge is 0.303 e. The quantitative estimate of drug-likeness (QED) is 0.356. The molecule has 0 bridgehead atoms. The van der Waals surface area contributed by atoms with Gasteiger partial charge < -0.3 is 11.3 Å². The molecule has 1 rings (SSSR count). The van der Waals surface area contributed by atoms with Gasteiger partial charge in [0.05, 0.1) is 0 Å². The molecule has 0 saturated carbocycles. The van der Waals surface area contributed by atoms with Crippen LogP contribution in [0.5, 0.6) is 0 Å². The first kappa shape index (κ1) is 7.78. The van der Waals surface area contributed by atoms with Gasteiger partial charge in [0.1, 0.15) is 0 Å². The molecule has 0 aliphatic carbocycles. The van der Waals surface area contributed by atoms with E-state index in [4.69, 9.17) is 0 Å². The van der Waals surface area contributed by atoms with Crippen LogP contribution in [0, 0.1) is 5.38 Å². The molecule has 0 aromatic carbocycles. The topological polar surface area (TPSA) is 0 Å². The Morgan fingerprint density at radius 3 is 2.57 bits per heavy atom. The predicted molar refractivity (Wildman–Crippen MR) is 30.9 cm³/mol. The van der Waals surface area contributed by atoms with Crippen LogP contribution in [-0.2, 0) is 0 Å². The van der Waals surface area contributed by atoms with Gasteiger partial charge >= 0.3 is 18.9 Å². The Balaban J connectivity index is 0.000000360. The Hall–Kier alpha value is 0.777. The zero-order valence-electron chi connectivity index (χ0n) is 3.94. The largest absolute Gasteiger partial charge is 1.00 e. The van der Waals surface area contributed by atoms with Gasteiger partial charge in [-0.05, 0) is 0 Å². The fraction of sp³-hybridized carbons (Fsp3) is 0. The maximum atomic E-state index is 3.26. The van der Waals surface area contributed by atoms with Crippen LogP contribution in [-0.4, -0.2) is 0 Å². The second-order valence-corrected chi connectivity index (χ2v) is 2.51. The summed E-state index contributed by atoms with van der Waals surface area (Å²) in [6.45, 7) is 0. The van der Waals surface area contributed by atoms with E-state index < -0.39 is 0 Å². The Kier molecular flexibility index (Phi) is 4.16. The van der Waals surface area contributed by atoms with Crippen LogP contribution in [0.1, 0.15) is 0 Å².